The van der Waals surface area contributed by atoms with Crippen LogP contribution in [0.4, 0.5) is 5.69 Å². The number of amidine groups is 1. The Morgan fingerprint density at radius 2 is 1.85 bits per heavy atom. The molecule has 2 unspecified atom stereocenters. The lowest BCUT2D eigenvalue weighted by Crippen LogP contribution is -2.45. The number of ketones is 1. The summed E-state index contributed by atoms with van der Waals surface area (Å²) in [5.41, 5.74) is 5.37. The van der Waals surface area contributed by atoms with Gasteiger partial charge in [-0.05, 0) is 42.4 Å². The van der Waals surface area contributed by atoms with Crippen molar-refractivity contribution < 1.29 is 23.5 Å². The van der Waals surface area contributed by atoms with Crippen LogP contribution >= 0.6 is 7.52 Å². The van der Waals surface area contributed by atoms with Gasteiger partial charge in [0.15, 0.2) is 11.7 Å². The molecule has 0 aromatic heterocycles. The molecule has 34 heavy (non-hydrogen) atoms. The molecular formula is C24H35N4O5P. The first-order valence-electron chi connectivity index (χ1n) is 11.5. The van der Waals surface area contributed by atoms with Gasteiger partial charge in [0.1, 0.15) is 5.84 Å². The molecule has 1 fully saturated rings. The van der Waals surface area contributed by atoms with Crippen molar-refractivity contribution in [2.45, 2.75) is 60.9 Å². The van der Waals surface area contributed by atoms with E-state index in [1.54, 1.807) is 11.8 Å². The summed E-state index contributed by atoms with van der Waals surface area (Å²) in [6, 6.07) is 3.72. The number of benzene rings is 1. The van der Waals surface area contributed by atoms with Crippen LogP contribution in [0, 0.1) is 16.7 Å². The number of nitrogens with two attached hydrogens (primary N) is 1. The number of primary amides is 1. The van der Waals surface area contributed by atoms with Gasteiger partial charge in [-0.1, -0.05) is 41.5 Å². The highest BCUT2D eigenvalue weighted by Crippen LogP contribution is 2.52. The zero-order valence-electron chi connectivity index (χ0n) is 21.0. The SMILES string of the molecule is CCOP1(=O)N=C(C2C(=O)[C@H](C(C)(C)C)N(CCC(C)(C)C)C2=O)Nc2cc(C(N)=O)ccc21. The van der Waals surface area contributed by atoms with E-state index < -0.39 is 30.8 Å². The van der Waals surface area contributed by atoms with Crippen molar-refractivity contribution in [3.63, 3.8) is 0 Å². The molecule has 0 aliphatic carbocycles. The molecule has 2 aliphatic heterocycles. The molecule has 186 valence electrons. The topological polar surface area (TPSA) is 131 Å². The van der Waals surface area contributed by atoms with Gasteiger partial charge in [-0.2, -0.15) is 4.76 Å². The fraction of sp³-hybridized carbons (Fsp3) is 0.583. The summed E-state index contributed by atoms with van der Waals surface area (Å²) in [6.45, 7) is 14.2. The van der Waals surface area contributed by atoms with Gasteiger partial charge in [-0.25, -0.2) is 0 Å². The molecule has 1 saturated heterocycles. The average molecular weight is 491 g/mol. The van der Waals surface area contributed by atoms with Gasteiger partial charge in [-0.3, -0.25) is 18.9 Å². The van der Waals surface area contributed by atoms with Crippen molar-refractivity contribution in [1.29, 1.82) is 0 Å². The minimum atomic E-state index is -3.79. The van der Waals surface area contributed by atoms with Crippen LogP contribution in [0.15, 0.2) is 23.0 Å². The number of fused-ring (bicyclic) bond motifs is 1. The van der Waals surface area contributed by atoms with Gasteiger partial charge in [-0.15, -0.1) is 0 Å². The lowest BCUT2D eigenvalue weighted by Gasteiger charge is -2.35. The molecule has 2 aliphatic rings. The second kappa shape index (κ2) is 8.93. The number of nitrogens with zero attached hydrogens (tertiary/aromatic N) is 2. The second-order valence-corrected chi connectivity index (χ2v) is 13.1. The number of likely N-dealkylation sites (tertiary alicyclic amines) is 1. The van der Waals surface area contributed by atoms with Gasteiger partial charge < -0.3 is 20.5 Å². The van der Waals surface area contributed by atoms with Crippen LogP contribution in [0.5, 0.6) is 0 Å². The van der Waals surface area contributed by atoms with Gasteiger partial charge in [0, 0.05) is 12.1 Å². The summed E-state index contributed by atoms with van der Waals surface area (Å²) in [5.74, 6) is -2.58. The molecule has 1 aromatic rings. The Morgan fingerprint density at radius 1 is 1.21 bits per heavy atom. The summed E-state index contributed by atoms with van der Waals surface area (Å²) >= 11 is 0. The van der Waals surface area contributed by atoms with E-state index in [0.717, 1.165) is 0 Å². The van der Waals surface area contributed by atoms with Gasteiger partial charge in [0.05, 0.1) is 23.6 Å². The van der Waals surface area contributed by atoms with Crippen LogP contribution in [0.25, 0.3) is 0 Å². The monoisotopic (exact) mass is 490 g/mol. The summed E-state index contributed by atoms with van der Waals surface area (Å²) in [7, 11) is -3.79. The first-order valence-corrected chi connectivity index (χ1v) is 13.1. The summed E-state index contributed by atoms with van der Waals surface area (Å²) in [4.78, 5) is 40.6. The first kappa shape index (κ1) is 26.1. The lowest BCUT2D eigenvalue weighted by molar-refractivity contribution is -0.132. The Hall–Kier alpha value is -2.51. The number of hydrogen-bond donors (Lipinski definition) is 2. The van der Waals surface area contributed by atoms with Crippen molar-refractivity contribution in [2.75, 3.05) is 18.5 Å². The predicted octanol–water partition coefficient (Wildman–Crippen LogP) is 3.34. The zero-order chi connectivity index (χ0) is 25.6. The predicted molar refractivity (Wildman–Crippen MR) is 132 cm³/mol. The van der Waals surface area contributed by atoms with Crippen LogP contribution in [0.2, 0.25) is 0 Å². The van der Waals surface area contributed by atoms with Crippen molar-refractivity contribution in [2.24, 2.45) is 27.2 Å². The molecule has 0 radical (unpaired) electrons. The van der Waals surface area contributed by atoms with Gasteiger partial charge in [0.2, 0.25) is 11.8 Å². The van der Waals surface area contributed by atoms with E-state index in [9.17, 15) is 18.9 Å². The molecule has 2 heterocycles. The van der Waals surface area contributed by atoms with E-state index >= 15 is 0 Å². The minimum absolute atomic E-state index is 0.0200. The van der Waals surface area contributed by atoms with Crippen LogP contribution in [0.1, 0.15) is 65.2 Å². The maximum absolute atomic E-state index is 13.7. The highest BCUT2D eigenvalue weighted by molar-refractivity contribution is 7.66. The third-order valence-corrected chi connectivity index (χ3v) is 8.07. The van der Waals surface area contributed by atoms with Gasteiger partial charge in [0.25, 0.3) is 0 Å². The molecule has 3 rings (SSSR count). The fourth-order valence-electron chi connectivity index (χ4n) is 4.37. The van der Waals surface area contributed by atoms with Crippen LogP contribution < -0.4 is 16.4 Å². The number of nitrogens with one attached hydrogen (secondary N) is 1. The standard InChI is InChI=1S/C24H35N4O5P/c1-8-33-34(32)16-10-9-14(20(25)30)13-15(16)26-21(27-34)17-18(29)19(24(5,6)7)28(22(17)31)12-11-23(2,3)4/h9-10,13,17,19H,8,11-12H2,1-7H3,(H2,25,30)(H,26,27,32)/t17?,19-,34?/m1/s1. The van der Waals surface area contributed by atoms with Crippen molar-refractivity contribution in [3.8, 4) is 0 Å². The lowest BCUT2D eigenvalue weighted by atomic mass is 9.82. The van der Waals surface area contributed by atoms with E-state index in [2.05, 4.69) is 30.9 Å². The van der Waals surface area contributed by atoms with Gasteiger partial charge >= 0.3 is 7.52 Å². The van der Waals surface area contributed by atoms with E-state index in [1.807, 2.05) is 20.8 Å². The number of hydrogen-bond acceptors (Lipinski definition) is 6. The Bertz CT molecular complexity index is 1100. The summed E-state index contributed by atoms with van der Waals surface area (Å²) in [5, 5.41) is 3.26. The molecular weight excluding hydrogens is 455 g/mol. The second-order valence-electron chi connectivity index (χ2n) is 11.1. The van der Waals surface area contributed by atoms with E-state index in [0.29, 0.717) is 18.7 Å². The Balaban J connectivity index is 2.08. The number of amides is 2. The molecule has 10 heteroatoms. The first-order chi connectivity index (χ1) is 15.6. The van der Waals surface area contributed by atoms with Crippen molar-refractivity contribution >= 4 is 41.9 Å². The molecule has 9 nitrogen and oxygen atoms in total. The molecule has 0 bridgehead atoms. The van der Waals surface area contributed by atoms with Crippen LogP contribution in [0.3, 0.4) is 0 Å². The zero-order valence-corrected chi connectivity index (χ0v) is 21.9. The minimum Gasteiger partial charge on any atom is -0.366 e. The Morgan fingerprint density at radius 3 is 2.38 bits per heavy atom. The fourth-order valence-corrected chi connectivity index (χ4v) is 6.16. The summed E-state index contributed by atoms with van der Waals surface area (Å²) in [6.07, 6.45) is 0.716. The highest BCUT2D eigenvalue weighted by Gasteiger charge is 2.55. The molecule has 2 amide bonds. The number of Topliss-reactive ketones (excluding diaryl/α,β-unsaturated/α-hetero) is 1. The average Bonchev–Trinajstić information content (AvgIpc) is 2.95. The third kappa shape index (κ3) is 4.96. The van der Waals surface area contributed by atoms with E-state index in [-0.39, 0.29) is 40.4 Å². The maximum atomic E-state index is 13.7. The number of anilines is 1. The number of carbonyl (C=O) groups excluding carboxylic acids is 3. The smallest absolute Gasteiger partial charge is 0.348 e. The van der Waals surface area contributed by atoms with Crippen molar-refractivity contribution in [1.82, 2.24) is 4.90 Å². The normalized spacial score (nSPS) is 25.1. The van der Waals surface area contributed by atoms with Crippen LogP contribution in [-0.4, -0.2) is 47.5 Å². The Labute approximate surface area is 201 Å². The maximum Gasteiger partial charge on any atom is 0.348 e. The number of carbonyl (C=O) groups is 3. The quantitative estimate of drug-likeness (QED) is 0.464. The molecule has 1 aromatic carbocycles. The molecule has 0 saturated carbocycles. The number of rotatable bonds is 6. The molecule has 3 atom stereocenters. The Kier molecular flexibility index (Phi) is 6.86. The molecule has 0 spiro atoms. The largest absolute Gasteiger partial charge is 0.366 e. The third-order valence-electron chi connectivity index (χ3n) is 5.98. The van der Waals surface area contributed by atoms with Crippen LogP contribution in [-0.2, 0) is 18.7 Å². The van der Waals surface area contributed by atoms with Crippen molar-refractivity contribution in [3.05, 3.63) is 23.8 Å². The summed E-state index contributed by atoms with van der Waals surface area (Å²) < 4.78 is 23.6. The van der Waals surface area contributed by atoms with E-state index in [1.165, 1.54) is 18.2 Å². The van der Waals surface area contributed by atoms with E-state index in [4.69, 9.17) is 10.3 Å². The highest BCUT2D eigenvalue weighted by atomic mass is 31.2. The molecule has 3 N–H and O–H groups in total.